The highest BCUT2D eigenvalue weighted by Crippen LogP contribution is 2.43. The second-order valence-electron chi connectivity index (χ2n) is 9.54. The van der Waals surface area contributed by atoms with Gasteiger partial charge >= 0.3 is 0 Å². The van der Waals surface area contributed by atoms with Crippen LogP contribution in [0.1, 0.15) is 42.9 Å². The molecule has 194 valence electrons. The Morgan fingerprint density at radius 3 is 2.58 bits per heavy atom. The van der Waals surface area contributed by atoms with E-state index in [1.54, 1.807) is 18.3 Å². The molecule has 38 heavy (non-hydrogen) atoms. The maximum absolute atomic E-state index is 13.9. The minimum atomic E-state index is -0.471. The van der Waals surface area contributed by atoms with E-state index in [9.17, 15) is 9.18 Å². The van der Waals surface area contributed by atoms with Crippen molar-refractivity contribution in [3.63, 3.8) is 0 Å². The molecule has 5 rings (SSSR count). The van der Waals surface area contributed by atoms with Gasteiger partial charge in [0.1, 0.15) is 11.9 Å². The Kier molecular flexibility index (Phi) is 7.19. The van der Waals surface area contributed by atoms with Crippen LogP contribution in [0, 0.1) is 18.7 Å². The number of carbonyl (C=O) groups is 1. The summed E-state index contributed by atoms with van der Waals surface area (Å²) in [5.41, 5.74) is 5.04. The normalized spacial score (nSPS) is 17.1. The third kappa shape index (κ3) is 4.89. The topological polar surface area (TPSA) is 62.2 Å². The summed E-state index contributed by atoms with van der Waals surface area (Å²) in [6, 6.07) is 19.7. The Morgan fingerprint density at radius 2 is 1.89 bits per heavy atom. The summed E-state index contributed by atoms with van der Waals surface area (Å²) < 4.78 is 15.9. The number of halogens is 2. The minimum Gasteiger partial charge on any atom is -0.351 e. The van der Waals surface area contributed by atoms with Crippen molar-refractivity contribution in [2.24, 2.45) is 5.92 Å². The van der Waals surface area contributed by atoms with E-state index in [0.717, 1.165) is 34.0 Å². The fourth-order valence-electron chi connectivity index (χ4n) is 4.65. The molecule has 6 nitrogen and oxygen atoms in total. The molecule has 0 saturated carbocycles. The summed E-state index contributed by atoms with van der Waals surface area (Å²) in [5.74, 6) is -0.635. The SMILES string of the molecule is Cc1cc(N2C(=S)N[C@@H](c3ccccn3)[C@H]2c2cccn2-c2ccc(F)c(Cl)c2)ccc1NC(=O)C(C)C. The molecule has 0 radical (unpaired) electrons. The Labute approximate surface area is 231 Å². The van der Waals surface area contributed by atoms with E-state index in [1.165, 1.54) is 6.07 Å². The van der Waals surface area contributed by atoms with Gasteiger partial charge in [-0.15, -0.1) is 0 Å². The number of aryl methyl sites for hydroxylation is 1. The maximum Gasteiger partial charge on any atom is 0.226 e. The van der Waals surface area contributed by atoms with E-state index < -0.39 is 5.82 Å². The maximum atomic E-state index is 13.9. The average molecular weight is 548 g/mol. The van der Waals surface area contributed by atoms with Crippen molar-refractivity contribution in [3.05, 3.63) is 107 Å². The zero-order valence-electron chi connectivity index (χ0n) is 21.2. The smallest absolute Gasteiger partial charge is 0.226 e. The fourth-order valence-corrected chi connectivity index (χ4v) is 5.17. The second kappa shape index (κ2) is 10.6. The lowest BCUT2D eigenvalue weighted by Gasteiger charge is -2.29. The van der Waals surface area contributed by atoms with Crippen molar-refractivity contribution in [2.45, 2.75) is 32.9 Å². The monoisotopic (exact) mass is 547 g/mol. The first-order valence-corrected chi connectivity index (χ1v) is 13.1. The van der Waals surface area contributed by atoms with Crippen molar-refractivity contribution in [2.75, 3.05) is 10.2 Å². The highest BCUT2D eigenvalue weighted by Gasteiger charge is 2.42. The molecule has 1 aliphatic heterocycles. The van der Waals surface area contributed by atoms with E-state index >= 15 is 0 Å². The van der Waals surface area contributed by atoms with Gasteiger partial charge in [0.25, 0.3) is 0 Å². The summed E-state index contributed by atoms with van der Waals surface area (Å²) in [6.45, 7) is 5.68. The number of benzene rings is 2. The molecule has 9 heteroatoms. The summed E-state index contributed by atoms with van der Waals surface area (Å²) in [7, 11) is 0. The number of anilines is 2. The molecule has 2 N–H and O–H groups in total. The highest BCUT2D eigenvalue weighted by molar-refractivity contribution is 7.80. The van der Waals surface area contributed by atoms with Gasteiger partial charge in [0, 0.05) is 41.1 Å². The number of pyridine rings is 1. The second-order valence-corrected chi connectivity index (χ2v) is 10.3. The van der Waals surface area contributed by atoms with Crippen LogP contribution in [0.25, 0.3) is 5.69 Å². The lowest BCUT2D eigenvalue weighted by Crippen LogP contribution is -2.30. The van der Waals surface area contributed by atoms with Gasteiger partial charge in [0.05, 0.1) is 16.8 Å². The van der Waals surface area contributed by atoms with Gasteiger partial charge in [-0.05, 0) is 85.4 Å². The largest absolute Gasteiger partial charge is 0.351 e. The van der Waals surface area contributed by atoms with E-state index in [1.807, 2.05) is 80.1 Å². The van der Waals surface area contributed by atoms with Gasteiger partial charge in [0.15, 0.2) is 5.11 Å². The Bertz CT molecular complexity index is 1510. The van der Waals surface area contributed by atoms with Gasteiger partial charge in [-0.3, -0.25) is 9.78 Å². The van der Waals surface area contributed by atoms with Crippen LogP contribution in [0.2, 0.25) is 5.02 Å². The number of nitrogens with zero attached hydrogens (tertiary/aromatic N) is 3. The molecule has 2 aromatic carbocycles. The first-order valence-electron chi connectivity index (χ1n) is 12.3. The van der Waals surface area contributed by atoms with E-state index in [2.05, 4.69) is 20.5 Å². The minimum absolute atomic E-state index is 0.0388. The molecule has 0 spiro atoms. The predicted molar refractivity (Wildman–Crippen MR) is 153 cm³/mol. The van der Waals surface area contributed by atoms with Crippen molar-refractivity contribution < 1.29 is 9.18 Å². The van der Waals surface area contributed by atoms with Crippen LogP contribution in [-0.4, -0.2) is 20.6 Å². The van der Waals surface area contributed by atoms with E-state index in [0.29, 0.717) is 5.11 Å². The van der Waals surface area contributed by atoms with Crippen molar-refractivity contribution in [1.82, 2.24) is 14.9 Å². The number of hydrogen-bond acceptors (Lipinski definition) is 3. The van der Waals surface area contributed by atoms with Crippen LogP contribution in [0.15, 0.2) is 79.1 Å². The number of thiocarbonyl (C=S) groups is 1. The third-order valence-corrected chi connectivity index (χ3v) is 7.24. The van der Waals surface area contributed by atoms with Crippen LogP contribution in [0.3, 0.4) is 0 Å². The number of rotatable bonds is 6. The van der Waals surface area contributed by atoms with E-state index in [4.69, 9.17) is 23.8 Å². The first kappa shape index (κ1) is 25.9. The molecule has 1 fully saturated rings. The first-order chi connectivity index (χ1) is 18.2. The van der Waals surface area contributed by atoms with Gasteiger partial charge in [-0.2, -0.15) is 0 Å². The quantitative estimate of drug-likeness (QED) is 0.262. The molecule has 0 unspecified atom stereocenters. The van der Waals surface area contributed by atoms with Gasteiger partial charge in [0.2, 0.25) is 5.91 Å². The van der Waals surface area contributed by atoms with Crippen LogP contribution in [-0.2, 0) is 4.79 Å². The predicted octanol–water partition coefficient (Wildman–Crippen LogP) is 6.74. The summed E-state index contributed by atoms with van der Waals surface area (Å²) in [4.78, 5) is 19.0. The third-order valence-electron chi connectivity index (χ3n) is 6.63. The molecule has 1 aliphatic rings. The van der Waals surface area contributed by atoms with Gasteiger partial charge < -0.3 is 20.1 Å². The molecule has 3 heterocycles. The summed E-state index contributed by atoms with van der Waals surface area (Å²) in [6.07, 6.45) is 3.68. The standard InChI is InChI=1S/C29H27ClFN5OS/c1-17(2)28(37)33-23-12-10-20(15-18(23)3)36-27(26(34-29(36)38)24-7-4-5-13-32-24)25-8-6-14-35(25)19-9-11-22(31)21(30)16-19/h4-17,26-27H,1-3H3,(H,33,37)(H,34,38)/t26-,27+/m0/s1. The molecular weight excluding hydrogens is 521 g/mol. The lowest BCUT2D eigenvalue weighted by molar-refractivity contribution is -0.118. The molecule has 2 atom stereocenters. The molecule has 1 amide bonds. The highest BCUT2D eigenvalue weighted by atomic mass is 35.5. The molecule has 2 aromatic heterocycles. The molecule has 1 saturated heterocycles. The number of hydrogen-bond donors (Lipinski definition) is 2. The van der Waals surface area contributed by atoms with Crippen molar-refractivity contribution in [1.29, 1.82) is 0 Å². The van der Waals surface area contributed by atoms with Gasteiger partial charge in [-0.1, -0.05) is 31.5 Å². The Balaban J connectivity index is 1.61. The molecule has 4 aromatic rings. The lowest BCUT2D eigenvalue weighted by atomic mass is 10.00. The Hall–Kier alpha value is -3.75. The number of amides is 1. The number of carbonyl (C=O) groups excluding carboxylic acids is 1. The van der Waals surface area contributed by atoms with Gasteiger partial charge in [-0.25, -0.2) is 4.39 Å². The molecule has 0 bridgehead atoms. The van der Waals surface area contributed by atoms with Crippen LogP contribution in [0.4, 0.5) is 15.8 Å². The summed E-state index contributed by atoms with van der Waals surface area (Å²) in [5, 5.41) is 7.05. The molecule has 0 aliphatic carbocycles. The van der Waals surface area contributed by atoms with Crippen LogP contribution in [0.5, 0.6) is 0 Å². The average Bonchev–Trinajstić information content (AvgIpc) is 3.51. The van der Waals surface area contributed by atoms with Crippen LogP contribution >= 0.6 is 23.8 Å². The summed E-state index contributed by atoms with van der Waals surface area (Å²) >= 11 is 12.0. The van der Waals surface area contributed by atoms with Crippen molar-refractivity contribution >= 4 is 46.2 Å². The van der Waals surface area contributed by atoms with E-state index in [-0.39, 0.29) is 28.9 Å². The number of nitrogens with one attached hydrogen (secondary N) is 2. The zero-order valence-corrected chi connectivity index (χ0v) is 22.7. The molecular formula is C29H27ClFN5OS. The Morgan fingerprint density at radius 1 is 1.11 bits per heavy atom. The number of aromatic nitrogens is 2. The van der Waals surface area contributed by atoms with Crippen LogP contribution < -0.4 is 15.5 Å². The van der Waals surface area contributed by atoms with Crippen molar-refractivity contribution in [3.8, 4) is 5.69 Å². The fraction of sp³-hybridized carbons (Fsp3) is 0.207. The zero-order chi connectivity index (χ0) is 27.0.